The summed E-state index contributed by atoms with van der Waals surface area (Å²) in [4.78, 5) is 23.7. The summed E-state index contributed by atoms with van der Waals surface area (Å²) < 4.78 is 26.2. The van der Waals surface area contributed by atoms with Crippen LogP contribution in [0.4, 0.5) is 0 Å². The third-order valence-electron chi connectivity index (χ3n) is 4.74. The highest BCUT2D eigenvalue weighted by atomic mass is 32.2. The van der Waals surface area contributed by atoms with Crippen molar-refractivity contribution in [1.29, 1.82) is 0 Å². The Labute approximate surface area is 155 Å². The van der Waals surface area contributed by atoms with Crippen LogP contribution in [0.3, 0.4) is 0 Å². The van der Waals surface area contributed by atoms with Crippen LogP contribution in [0, 0.1) is 0 Å². The summed E-state index contributed by atoms with van der Waals surface area (Å²) >= 11 is 0. The van der Waals surface area contributed by atoms with Gasteiger partial charge in [-0.25, -0.2) is 8.42 Å². The van der Waals surface area contributed by atoms with Gasteiger partial charge in [-0.05, 0) is 51.0 Å². The van der Waals surface area contributed by atoms with Gasteiger partial charge in [0, 0.05) is 18.7 Å². The van der Waals surface area contributed by atoms with Gasteiger partial charge in [-0.1, -0.05) is 13.8 Å². The fourth-order valence-electron chi connectivity index (χ4n) is 2.55. The molecule has 0 aliphatic carbocycles. The second kappa shape index (κ2) is 8.64. The zero-order chi connectivity index (χ0) is 20.1. The molecule has 7 nitrogen and oxygen atoms in total. The number of hydrogen-bond donors (Lipinski definition) is 2. The minimum atomic E-state index is -3.62. The van der Waals surface area contributed by atoms with Gasteiger partial charge in [-0.3, -0.25) is 9.59 Å². The first-order valence-electron chi connectivity index (χ1n) is 8.61. The Balaban J connectivity index is 3.04. The summed E-state index contributed by atoms with van der Waals surface area (Å²) in [5, 5.41) is 11.9. The van der Waals surface area contributed by atoms with E-state index in [1.54, 1.807) is 13.8 Å². The predicted molar refractivity (Wildman–Crippen MR) is 99.6 cm³/mol. The number of nitrogens with zero attached hydrogens (tertiary/aromatic N) is 1. The van der Waals surface area contributed by atoms with Gasteiger partial charge < -0.3 is 10.4 Å². The second-order valence-corrected chi connectivity index (χ2v) is 8.65. The molecule has 1 amide bonds. The van der Waals surface area contributed by atoms with Gasteiger partial charge in [-0.2, -0.15) is 4.31 Å². The molecule has 0 spiro atoms. The number of aliphatic carboxylic acids is 1. The van der Waals surface area contributed by atoms with E-state index in [-0.39, 0.29) is 22.9 Å². The van der Waals surface area contributed by atoms with Crippen LogP contribution < -0.4 is 5.32 Å². The minimum absolute atomic E-state index is 0.105. The van der Waals surface area contributed by atoms with Gasteiger partial charge >= 0.3 is 5.97 Å². The molecule has 0 heterocycles. The van der Waals surface area contributed by atoms with Crippen molar-refractivity contribution in [2.75, 3.05) is 7.05 Å². The first-order chi connectivity index (χ1) is 12.0. The maximum absolute atomic E-state index is 12.5. The van der Waals surface area contributed by atoms with Gasteiger partial charge in [0.1, 0.15) is 0 Å². The normalized spacial score (nSPS) is 12.4. The first kappa shape index (κ1) is 22.1. The summed E-state index contributed by atoms with van der Waals surface area (Å²) in [6.07, 6.45) is 0.789. The van der Waals surface area contributed by atoms with Gasteiger partial charge in [0.2, 0.25) is 10.0 Å². The number of carboxylic acids is 1. The average molecular weight is 384 g/mol. The summed E-state index contributed by atoms with van der Waals surface area (Å²) in [5.41, 5.74) is -0.543. The topological polar surface area (TPSA) is 104 Å². The zero-order valence-electron chi connectivity index (χ0n) is 15.9. The maximum Gasteiger partial charge on any atom is 0.305 e. The minimum Gasteiger partial charge on any atom is -0.481 e. The third-order valence-corrected chi connectivity index (χ3v) is 6.79. The molecule has 0 aliphatic rings. The molecule has 26 heavy (non-hydrogen) atoms. The van der Waals surface area contributed by atoms with Crippen LogP contribution in [0.15, 0.2) is 29.2 Å². The van der Waals surface area contributed by atoms with E-state index in [0.717, 1.165) is 0 Å². The summed E-state index contributed by atoms with van der Waals surface area (Å²) in [5.74, 6) is -1.40. The largest absolute Gasteiger partial charge is 0.481 e. The number of hydrogen-bond acceptors (Lipinski definition) is 4. The molecule has 0 saturated carbocycles. The van der Waals surface area contributed by atoms with Crippen molar-refractivity contribution in [1.82, 2.24) is 9.62 Å². The van der Waals surface area contributed by atoms with Crippen molar-refractivity contribution in [3.63, 3.8) is 0 Å². The van der Waals surface area contributed by atoms with Crippen LogP contribution in [0.2, 0.25) is 0 Å². The van der Waals surface area contributed by atoms with Crippen LogP contribution in [-0.2, 0) is 14.8 Å². The fraction of sp³-hybridized carbons (Fsp3) is 0.556. The highest BCUT2D eigenvalue weighted by molar-refractivity contribution is 7.89. The van der Waals surface area contributed by atoms with E-state index in [2.05, 4.69) is 5.32 Å². The Kier molecular flexibility index (Phi) is 7.35. The lowest BCUT2D eigenvalue weighted by molar-refractivity contribution is -0.138. The Morgan fingerprint density at radius 1 is 1.15 bits per heavy atom. The highest BCUT2D eigenvalue weighted by Gasteiger charge is 2.31. The summed E-state index contributed by atoms with van der Waals surface area (Å²) in [6, 6.07) is 5.47. The lowest BCUT2D eigenvalue weighted by atomic mass is 9.88. The molecular weight excluding hydrogens is 356 g/mol. The average Bonchev–Trinajstić information content (AvgIpc) is 2.59. The molecule has 0 atom stereocenters. The molecule has 2 N–H and O–H groups in total. The van der Waals surface area contributed by atoms with Crippen molar-refractivity contribution >= 4 is 21.9 Å². The summed E-state index contributed by atoms with van der Waals surface area (Å²) in [6.45, 7) is 7.20. The van der Waals surface area contributed by atoms with E-state index in [9.17, 15) is 18.0 Å². The van der Waals surface area contributed by atoms with Crippen molar-refractivity contribution in [3.05, 3.63) is 29.8 Å². The van der Waals surface area contributed by atoms with E-state index >= 15 is 0 Å². The Morgan fingerprint density at radius 3 is 2.04 bits per heavy atom. The molecule has 8 heteroatoms. The molecule has 0 aromatic heterocycles. The second-order valence-electron chi connectivity index (χ2n) is 6.65. The SMILES string of the molecule is CCC(CC)(CC(=O)O)NC(=O)c1ccc(S(=O)(=O)N(C)C(C)C)cc1. The molecule has 146 valence electrons. The standard InChI is InChI=1S/C18H28N2O5S/c1-6-18(7-2,12-16(21)22)19-17(23)14-8-10-15(11-9-14)26(24,25)20(5)13(3)4/h8-11,13H,6-7,12H2,1-5H3,(H,19,23)(H,21,22). The van der Waals surface area contributed by atoms with Crippen LogP contribution in [-0.4, -0.2) is 48.3 Å². The predicted octanol–water partition coefficient (Wildman–Crippen LogP) is 2.48. The number of sulfonamides is 1. The van der Waals surface area contributed by atoms with Crippen molar-refractivity contribution < 1.29 is 23.1 Å². The number of benzene rings is 1. The van der Waals surface area contributed by atoms with Gasteiger partial charge in [-0.15, -0.1) is 0 Å². The Morgan fingerprint density at radius 2 is 1.65 bits per heavy atom. The molecule has 1 rings (SSSR count). The lowest BCUT2D eigenvalue weighted by Gasteiger charge is -2.31. The first-order valence-corrected chi connectivity index (χ1v) is 10.1. The number of carbonyl (C=O) groups is 2. The van der Waals surface area contributed by atoms with Crippen molar-refractivity contribution in [3.8, 4) is 0 Å². The van der Waals surface area contributed by atoms with E-state index in [0.29, 0.717) is 12.8 Å². The molecule has 0 bridgehead atoms. The zero-order valence-corrected chi connectivity index (χ0v) is 16.8. The van der Waals surface area contributed by atoms with E-state index in [4.69, 9.17) is 5.11 Å². The highest BCUT2D eigenvalue weighted by Crippen LogP contribution is 2.22. The Hall–Kier alpha value is -1.93. The Bertz CT molecular complexity index is 737. The van der Waals surface area contributed by atoms with E-state index in [1.807, 2.05) is 13.8 Å². The molecule has 0 unspecified atom stereocenters. The van der Waals surface area contributed by atoms with Crippen molar-refractivity contribution in [2.24, 2.45) is 0 Å². The lowest BCUT2D eigenvalue weighted by Crippen LogP contribution is -2.49. The number of rotatable bonds is 9. The van der Waals surface area contributed by atoms with Crippen LogP contribution in [0.1, 0.15) is 57.3 Å². The molecule has 1 aromatic rings. The van der Waals surface area contributed by atoms with E-state index in [1.165, 1.54) is 35.6 Å². The van der Waals surface area contributed by atoms with Gasteiger partial charge in [0.15, 0.2) is 0 Å². The van der Waals surface area contributed by atoms with Crippen LogP contribution in [0.25, 0.3) is 0 Å². The maximum atomic E-state index is 12.5. The third kappa shape index (κ3) is 5.04. The van der Waals surface area contributed by atoms with Crippen LogP contribution in [0.5, 0.6) is 0 Å². The quantitative estimate of drug-likeness (QED) is 0.681. The molecule has 0 radical (unpaired) electrons. The van der Waals surface area contributed by atoms with Gasteiger partial charge in [0.05, 0.1) is 16.9 Å². The number of nitrogens with one attached hydrogen (secondary N) is 1. The summed E-state index contributed by atoms with van der Waals surface area (Å²) in [7, 11) is -2.11. The van der Waals surface area contributed by atoms with Crippen molar-refractivity contribution in [2.45, 2.75) is 63.4 Å². The smallest absolute Gasteiger partial charge is 0.305 e. The monoisotopic (exact) mass is 384 g/mol. The molecule has 1 aromatic carbocycles. The molecule has 0 saturated heterocycles. The number of amides is 1. The van der Waals surface area contributed by atoms with Crippen LogP contribution >= 0.6 is 0 Å². The molecule has 0 aliphatic heterocycles. The molecular formula is C18H28N2O5S. The fourth-order valence-corrected chi connectivity index (χ4v) is 3.91. The number of carbonyl (C=O) groups excluding carboxylic acids is 1. The van der Waals surface area contributed by atoms with Gasteiger partial charge in [0.25, 0.3) is 5.91 Å². The van der Waals surface area contributed by atoms with E-state index < -0.39 is 27.4 Å². The molecule has 0 fully saturated rings. The number of carboxylic acid groups (broad SMARTS) is 1.